The average Bonchev–Trinajstić information content (AvgIpc) is 3.15. The van der Waals surface area contributed by atoms with Crippen molar-refractivity contribution in [3.8, 4) is 0 Å². The van der Waals surface area contributed by atoms with Crippen molar-refractivity contribution in [3.63, 3.8) is 0 Å². The maximum atomic E-state index is 12.5. The summed E-state index contributed by atoms with van der Waals surface area (Å²) in [6, 6.07) is 19.0. The van der Waals surface area contributed by atoms with Crippen LogP contribution in [0.5, 0.6) is 0 Å². The molecule has 0 aliphatic carbocycles. The number of H-pyrrole nitrogens is 1. The summed E-state index contributed by atoms with van der Waals surface area (Å²) in [5.74, 6) is 0.671. The standard InChI is InChI=1S/C24H26N4O/c1-17-11-13-20(14-12-17)15-22-26-23-21(24(29)27-22)16-25-28(23)18(2)7-6-10-19-8-4-3-5-9-19/h3-5,8-9,11-14,16,18H,6-7,10,15H2,1-2H3,(H,26,27,29). The Kier molecular flexibility index (Phi) is 5.56. The number of aromatic nitrogens is 4. The fraction of sp³-hybridized carbons (Fsp3) is 0.292. The van der Waals surface area contributed by atoms with Gasteiger partial charge in [0.05, 0.1) is 12.2 Å². The molecular formula is C24H26N4O. The van der Waals surface area contributed by atoms with E-state index in [9.17, 15) is 4.79 Å². The van der Waals surface area contributed by atoms with Gasteiger partial charge in [-0.05, 0) is 44.2 Å². The number of aromatic amines is 1. The fourth-order valence-corrected chi connectivity index (χ4v) is 3.66. The number of aryl methyl sites for hydroxylation is 2. The molecule has 1 N–H and O–H groups in total. The average molecular weight is 386 g/mol. The van der Waals surface area contributed by atoms with E-state index >= 15 is 0 Å². The van der Waals surface area contributed by atoms with Gasteiger partial charge in [0, 0.05) is 6.42 Å². The minimum Gasteiger partial charge on any atom is -0.310 e. The normalized spacial score (nSPS) is 12.3. The molecule has 148 valence electrons. The number of hydrogen-bond donors (Lipinski definition) is 1. The molecule has 0 fully saturated rings. The van der Waals surface area contributed by atoms with E-state index < -0.39 is 0 Å². The van der Waals surface area contributed by atoms with Crippen molar-refractivity contribution in [2.45, 2.75) is 45.6 Å². The lowest BCUT2D eigenvalue weighted by Gasteiger charge is -2.13. The first-order chi connectivity index (χ1) is 14.1. The molecule has 0 aliphatic heterocycles. The maximum absolute atomic E-state index is 12.5. The molecular weight excluding hydrogens is 360 g/mol. The van der Waals surface area contributed by atoms with E-state index in [2.05, 4.69) is 72.5 Å². The quantitative estimate of drug-likeness (QED) is 0.505. The highest BCUT2D eigenvalue weighted by Gasteiger charge is 2.15. The maximum Gasteiger partial charge on any atom is 0.262 e. The lowest BCUT2D eigenvalue weighted by molar-refractivity contribution is 0.456. The Bertz CT molecular complexity index is 1140. The molecule has 5 heteroatoms. The smallest absolute Gasteiger partial charge is 0.262 e. The largest absolute Gasteiger partial charge is 0.310 e. The topological polar surface area (TPSA) is 63.6 Å². The van der Waals surface area contributed by atoms with Crippen LogP contribution in [-0.4, -0.2) is 19.7 Å². The third kappa shape index (κ3) is 4.45. The number of nitrogens with one attached hydrogen (secondary N) is 1. The van der Waals surface area contributed by atoms with Crippen LogP contribution in [0.15, 0.2) is 65.6 Å². The predicted octanol–water partition coefficient (Wildman–Crippen LogP) is 4.60. The van der Waals surface area contributed by atoms with Crippen LogP contribution < -0.4 is 5.56 Å². The van der Waals surface area contributed by atoms with Gasteiger partial charge in [0.1, 0.15) is 11.2 Å². The lowest BCUT2D eigenvalue weighted by atomic mass is 10.1. The van der Waals surface area contributed by atoms with Crippen molar-refractivity contribution >= 4 is 11.0 Å². The second-order valence-corrected chi connectivity index (χ2v) is 7.73. The predicted molar refractivity (Wildman–Crippen MR) is 116 cm³/mol. The first-order valence-corrected chi connectivity index (χ1v) is 10.2. The summed E-state index contributed by atoms with van der Waals surface area (Å²) < 4.78 is 1.90. The molecule has 0 bridgehead atoms. The molecule has 0 amide bonds. The Labute approximate surface area is 170 Å². The van der Waals surface area contributed by atoms with Crippen LogP contribution in [0.4, 0.5) is 0 Å². The van der Waals surface area contributed by atoms with Crippen LogP contribution in [0.3, 0.4) is 0 Å². The molecule has 5 nitrogen and oxygen atoms in total. The highest BCUT2D eigenvalue weighted by molar-refractivity contribution is 5.73. The Hall–Kier alpha value is -3.21. The van der Waals surface area contributed by atoms with Crippen LogP contribution in [0.1, 0.15) is 48.3 Å². The number of rotatable bonds is 7. The van der Waals surface area contributed by atoms with Crippen molar-refractivity contribution in [2.75, 3.05) is 0 Å². The second kappa shape index (κ2) is 8.43. The van der Waals surface area contributed by atoms with E-state index in [0.29, 0.717) is 23.3 Å². The second-order valence-electron chi connectivity index (χ2n) is 7.73. The lowest BCUT2D eigenvalue weighted by Crippen LogP contribution is -2.14. The van der Waals surface area contributed by atoms with Gasteiger partial charge in [0.15, 0.2) is 5.65 Å². The molecule has 0 spiro atoms. The van der Waals surface area contributed by atoms with Gasteiger partial charge in [0.25, 0.3) is 5.56 Å². The van der Waals surface area contributed by atoms with E-state index in [-0.39, 0.29) is 11.6 Å². The van der Waals surface area contributed by atoms with Crippen LogP contribution in [0.25, 0.3) is 11.0 Å². The molecule has 1 unspecified atom stereocenters. The highest BCUT2D eigenvalue weighted by atomic mass is 16.1. The third-order valence-electron chi connectivity index (χ3n) is 5.35. The van der Waals surface area contributed by atoms with E-state index in [1.807, 2.05) is 10.7 Å². The number of benzene rings is 2. The summed E-state index contributed by atoms with van der Waals surface area (Å²) in [6.45, 7) is 4.20. The summed E-state index contributed by atoms with van der Waals surface area (Å²) in [5.41, 5.74) is 4.23. The Balaban J connectivity index is 1.52. The molecule has 2 aromatic carbocycles. The first kappa shape index (κ1) is 19.1. The summed E-state index contributed by atoms with van der Waals surface area (Å²) in [7, 11) is 0. The molecule has 29 heavy (non-hydrogen) atoms. The molecule has 0 aliphatic rings. The van der Waals surface area contributed by atoms with Gasteiger partial charge in [-0.3, -0.25) is 4.79 Å². The monoisotopic (exact) mass is 386 g/mol. The van der Waals surface area contributed by atoms with Crippen molar-refractivity contribution in [1.29, 1.82) is 0 Å². The van der Waals surface area contributed by atoms with Crippen LogP contribution in [0, 0.1) is 6.92 Å². The molecule has 2 aromatic heterocycles. The zero-order valence-corrected chi connectivity index (χ0v) is 16.9. The van der Waals surface area contributed by atoms with Gasteiger partial charge in [0.2, 0.25) is 0 Å². The zero-order valence-electron chi connectivity index (χ0n) is 16.9. The van der Waals surface area contributed by atoms with Crippen molar-refractivity contribution in [2.24, 2.45) is 0 Å². The fourth-order valence-electron chi connectivity index (χ4n) is 3.66. The number of hydrogen-bond acceptors (Lipinski definition) is 3. The van der Waals surface area contributed by atoms with Crippen LogP contribution in [-0.2, 0) is 12.8 Å². The van der Waals surface area contributed by atoms with E-state index in [0.717, 1.165) is 24.8 Å². The summed E-state index contributed by atoms with van der Waals surface area (Å²) in [4.78, 5) is 20.2. The van der Waals surface area contributed by atoms with Gasteiger partial charge in [-0.1, -0.05) is 60.2 Å². The third-order valence-corrected chi connectivity index (χ3v) is 5.35. The Morgan fingerprint density at radius 1 is 1.03 bits per heavy atom. The molecule has 2 heterocycles. The molecule has 4 rings (SSSR count). The van der Waals surface area contributed by atoms with Gasteiger partial charge in [-0.15, -0.1) is 0 Å². The minimum atomic E-state index is -0.125. The highest BCUT2D eigenvalue weighted by Crippen LogP contribution is 2.19. The first-order valence-electron chi connectivity index (χ1n) is 10.2. The molecule has 4 aromatic rings. The van der Waals surface area contributed by atoms with Crippen LogP contribution >= 0.6 is 0 Å². The Morgan fingerprint density at radius 2 is 1.79 bits per heavy atom. The van der Waals surface area contributed by atoms with Gasteiger partial charge < -0.3 is 4.98 Å². The van der Waals surface area contributed by atoms with Crippen LogP contribution in [0.2, 0.25) is 0 Å². The molecule has 1 atom stereocenters. The molecule has 0 saturated heterocycles. The SMILES string of the molecule is Cc1ccc(Cc2nc3c(cnn3C(C)CCCc3ccccc3)c(=O)[nH]2)cc1. The van der Waals surface area contributed by atoms with E-state index in [1.165, 1.54) is 11.1 Å². The summed E-state index contributed by atoms with van der Waals surface area (Å²) in [5, 5.41) is 5.02. The summed E-state index contributed by atoms with van der Waals surface area (Å²) >= 11 is 0. The van der Waals surface area contributed by atoms with Gasteiger partial charge in [-0.2, -0.15) is 5.10 Å². The van der Waals surface area contributed by atoms with Crippen molar-refractivity contribution < 1.29 is 0 Å². The van der Waals surface area contributed by atoms with Crippen molar-refractivity contribution in [3.05, 3.63) is 93.7 Å². The van der Waals surface area contributed by atoms with Crippen molar-refractivity contribution in [1.82, 2.24) is 19.7 Å². The zero-order chi connectivity index (χ0) is 20.2. The van der Waals surface area contributed by atoms with Gasteiger partial charge in [-0.25, -0.2) is 9.67 Å². The minimum absolute atomic E-state index is 0.125. The molecule has 0 radical (unpaired) electrons. The van der Waals surface area contributed by atoms with E-state index in [1.54, 1.807) is 6.20 Å². The van der Waals surface area contributed by atoms with Gasteiger partial charge >= 0.3 is 0 Å². The Morgan fingerprint density at radius 3 is 2.55 bits per heavy atom. The van der Waals surface area contributed by atoms with E-state index in [4.69, 9.17) is 4.98 Å². The number of nitrogens with zero attached hydrogens (tertiary/aromatic N) is 3. The molecule has 0 saturated carbocycles. The summed E-state index contributed by atoms with van der Waals surface area (Å²) in [6.07, 6.45) is 5.31. The number of fused-ring (bicyclic) bond motifs is 1.